The highest BCUT2D eigenvalue weighted by Gasteiger charge is 2.53. The lowest BCUT2D eigenvalue weighted by Gasteiger charge is -2.23. The van der Waals surface area contributed by atoms with E-state index in [0.717, 1.165) is 0 Å². The quantitative estimate of drug-likeness (QED) is 0.819. The minimum atomic E-state index is -1.73. The van der Waals surface area contributed by atoms with E-state index >= 15 is 0 Å². The number of rotatable bonds is 5. The zero-order valence-electron chi connectivity index (χ0n) is 10.7. The first-order valence-corrected chi connectivity index (χ1v) is 6.12. The Balaban J connectivity index is 2.21. The smallest absolute Gasteiger partial charge is 0.264 e. The fourth-order valence-electron chi connectivity index (χ4n) is 1.84. The molecule has 0 heterocycles. The summed E-state index contributed by atoms with van der Waals surface area (Å²) in [6, 6.07) is 8.78. The zero-order valence-corrected chi connectivity index (χ0v) is 10.7. The summed E-state index contributed by atoms with van der Waals surface area (Å²) < 4.78 is 18.9. The predicted octanol–water partition coefficient (Wildman–Crippen LogP) is 2.44. The lowest BCUT2D eigenvalue weighted by Crippen LogP contribution is -2.39. The Morgan fingerprint density at radius 3 is 2.58 bits per heavy atom. The Kier molecular flexibility index (Phi) is 3.70. The van der Waals surface area contributed by atoms with Crippen molar-refractivity contribution in [2.45, 2.75) is 24.9 Å². The van der Waals surface area contributed by atoms with Crippen LogP contribution >= 0.6 is 0 Å². The maximum absolute atomic E-state index is 13.9. The summed E-state index contributed by atoms with van der Waals surface area (Å²) in [5, 5.41) is 8.64. The molecule has 1 fully saturated rings. The van der Waals surface area contributed by atoms with Crippen molar-refractivity contribution in [1.82, 2.24) is 0 Å². The normalized spacial score (nSPS) is 15.4. The van der Waals surface area contributed by atoms with Crippen LogP contribution in [0.25, 0.3) is 0 Å². The van der Waals surface area contributed by atoms with Crippen molar-refractivity contribution in [3.05, 3.63) is 24.3 Å². The molecule has 0 radical (unpaired) electrons. The molecule has 100 valence electrons. The molecule has 0 saturated heterocycles. The Hall–Kier alpha value is -2.09. The highest BCUT2D eigenvalue weighted by atomic mass is 19.1. The number of carbonyl (C=O) groups is 1. The second-order valence-corrected chi connectivity index (χ2v) is 4.53. The molecule has 0 aliphatic heterocycles. The molecule has 1 aromatic rings. The highest BCUT2D eigenvalue weighted by Crippen LogP contribution is 2.42. The van der Waals surface area contributed by atoms with Crippen molar-refractivity contribution in [1.29, 1.82) is 5.26 Å². The van der Waals surface area contributed by atoms with Gasteiger partial charge in [0.1, 0.15) is 5.75 Å². The van der Waals surface area contributed by atoms with Gasteiger partial charge in [-0.3, -0.25) is 4.79 Å². The lowest BCUT2D eigenvalue weighted by atomic mass is 10.2. The monoisotopic (exact) mass is 262 g/mol. The number of amides is 1. The van der Waals surface area contributed by atoms with Gasteiger partial charge >= 0.3 is 0 Å². The second kappa shape index (κ2) is 5.27. The first-order valence-electron chi connectivity index (χ1n) is 6.12. The van der Waals surface area contributed by atoms with Crippen LogP contribution in [-0.4, -0.2) is 25.2 Å². The number of benzene rings is 1. The Labute approximate surface area is 111 Å². The molecule has 0 N–H and O–H groups in total. The summed E-state index contributed by atoms with van der Waals surface area (Å²) in [5.74, 6) is 0.116. The van der Waals surface area contributed by atoms with Crippen molar-refractivity contribution in [2.24, 2.45) is 0 Å². The Morgan fingerprint density at radius 1 is 1.47 bits per heavy atom. The molecule has 0 unspecified atom stereocenters. The number of ether oxygens (including phenoxy) is 1. The Bertz CT molecular complexity index is 503. The summed E-state index contributed by atoms with van der Waals surface area (Å²) in [6.07, 6.45) is 0.712. The van der Waals surface area contributed by atoms with E-state index in [0.29, 0.717) is 11.4 Å². The number of carbonyl (C=O) groups excluding carboxylic acids is 1. The number of halogens is 1. The molecule has 0 atom stereocenters. The summed E-state index contributed by atoms with van der Waals surface area (Å²) in [5.41, 5.74) is -1.14. The number of nitriles is 1. The summed E-state index contributed by atoms with van der Waals surface area (Å²) >= 11 is 0. The van der Waals surface area contributed by atoms with Crippen molar-refractivity contribution in [3.8, 4) is 11.8 Å². The molecule has 0 bridgehead atoms. The van der Waals surface area contributed by atoms with Crippen molar-refractivity contribution < 1.29 is 13.9 Å². The minimum absolute atomic E-state index is 0.174. The van der Waals surface area contributed by atoms with Crippen LogP contribution in [0.3, 0.4) is 0 Å². The Morgan fingerprint density at radius 2 is 2.11 bits per heavy atom. The second-order valence-electron chi connectivity index (χ2n) is 4.53. The molecule has 19 heavy (non-hydrogen) atoms. The van der Waals surface area contributed by atoms with Gasteiger partial charge in [-0.05, 0) is 37.1 Å². The number of hydrogen-bond donors (Lipinski definition) is 0. The van der Waals surface area contributed by atoms with Gasteiger partial charge in [-0.25, -0.2) is 4.39 Å². The van der Waals surface area contributed by atoms with E-state index < -0.39 is 11.6 Å². The standard InChI is InChI=1S/C14H15FN2O2/c1-19-12-5-3-11(4-6-12)17(10-2-9-16)13(18)14(15)7-8-14/h3-6H,2,7-8,10H2,1H3. The maximum atomic E-state index is 13.9. The molecule has 4 nitrogen and oxygen atoms in total. The molecule has 1 aliphatic rings. The SMILES string of the molecule is COc1ccc(N(CCC#N)C(=O)C2(F)CC2)cc1. The van der Waals surface area contributed by atoms with Gasteiger partial charge in [-0.1, -0.05) is 0 Å². The summed E-state index contributed by atoms with van der Waals surface area (Å²) in [4.78, 5) is 13.4. The van der Waals surface area contributed by atoms with Crippen LogP contribution in [0.1, 0.15) is 19.3 Å². The van der Waals surface area contributed by atoms with Crippen LogP contribution in [0, 0.1) is 11.3 Å². The number of alkyl halides is 1. The zero-order chi connectivity index (χ0) is 13.9. The van der Waals surface area contributed by atoms with Crippen LogP contribution in [-0.2, 0) is 4.79 Å². The topological polar surface area (TPSA) is 53.3 Å². The average Bonchev–Trinajstić information content (AvgIpc) is 3.19. The summed E-state index contributed by atoms with van der Waals surface area (Å²) in [7, 11) is 1.55. The van der Waals surface area contributed by atoms with E-state index in [1.54, 1.807) is 31.4 Å². The minimum Gasteiger partial charge on any atom is -0.497 e. The average molecular weight is 262 g/mol. The third-order valence-electron chi connectivity index (χ3n) is 3.15. The number of methoxy groups -OCH3 is 1. The summed E-state index contributed by atoms with van der Waals surface area (Å²) in [6.45, 7) is 0.202. The van der Waals surface area contributed by atoms with Crippen LogP contribution < -0.4 is 9.64 Å². The third kappa shape index (κ3) is 2.84. The van der Waals surface area contributed by atoms with E-state index in [9.17, 15) is 9.18 Å². The van der Waals surface area contributed by atoms with E-state index in [1.807, 2.05) is 6.07 Å². The highest BCUT2D eigenvalue weighted by molar-refractivity contribution is 6.01. The molecular weight excluding hydrogens is 247 g/mol. The van der Waals surface area contributed by atoms with Crippen molar-refractivity contribution >= 4 is 11.6 Å². The molecule has 0 aromatic heterocycles. The van der Waals surface area contributed by atoms with Crippen LogP contribution in [0.2, 0.25) is 0 Å². The molecule has 2 rings (SSSR count). The maximum Gasteiger partial charge on any atom is 0.264 e. The fraction of sp³-hybridized carbons (Fsp3) is 0.429. The molecule has 0 spiro atoms. The van der Waals surface area contributed by atoms with Gasteiger partial charge in [0, 0.05) is 12.2 Å². The van der Waals surface area contributed by atoms with Gasteiger partial charge in [0.25, 0.3) is 5.91 Å². The fourth-order valence-corrected chi connectivity index (χ4v) is 1.84. The van der Waals surface area contributed by atoms with Gasteiger partial charge < -0.3 is 9.64 Å². The number of anilines is 1. The first kappa shape index (κ1) is 13.3. The van der Waals surface area contributed by atoms with E-state index in [1.165, 1.54) is 4.90 Å². The van der Waals surface area contributed by atoms with Gasteiger partial charge in [0.15, 0.2) is 5.67 Å². The molecule has 1 amide bonds. The predicted molar refractivity (Wildman–Crippen MR) is 68.7 cm³/mol. The van der Waals surface area contributed by atoms with Gasteiger partial charge in [0.05, 0.1) is 19.6 Å². The number of hydrogen-bond acceptors (Lipinski definition) is 3. The van der Waals surface area contributed by atoms with Gasteiger partial charge in [-0.2, -0.15) is 5.26 Å². The van der Waals surface area contributed by atoms with Crippen molar-refractivity contribution in [2.75, 3.05) is 18.6 Å². The van der Waals surface area contributed by atoms with Gasteiger partial charge in [0.2, 0.25) is 0 Å². The van der Waals surface area contributed by atoms with Crippen molar-refractivity contribution in [3.63, 3.8) is 0 Å². The molecule has 1 aliphatic carbocycles. The largest absolute Gasteiger partial charge is 0.497 e. The van der Waals surface area contributed by atoms with E-state index in [-0.39, 0.29) is 25.8 Å². The lowest BCUT2D eigenvalue weighted by molar-refractivity contribution is -0.124. The molecule has 1 saturated carbocycles. The van der Waals surface area contributed by atoms with Crippen LogP contribution in [0.4, 0.5) is 10.1 Å². The molecular formula is C14H15FN2O2. The molecule has 1 aromatic carbocycles. The van der Waals surface area contributed by atoms with E-state index in [4.69, 9.17) is 10.00 Å². The molecule has 5 heteroatoms. The number of nitrogens with zero attached hydrogens (tertiary/aromatic N) is 2. The van der Waals surface area contributed by atoms with Crippen LogP contribution in [0.15, 0.2) is 24.3 Å². The first-order chi connectivity index (χ1) is 9.10. The van der Waals surface area contributed by atoms with E-state index in [2.05, 4.69) is 0 Å². The van der Waals surface area contributed by atoms with Crippen LogP contribution in [0.5, 0.6) is 5.75 Å². The third-order valence-corrected chi connectivity index (χ3v) is 3.15. The van der Waals surface area contributed by atoms with Gasteiger partial charge in [-0.15, -0.1) is 0 Å².